The number of nitrogens with one attached hydrogen (secondary N) is 1. The van der Waals surface area contributed by atoms with Gasteiger partial charge in [-0.15, -0.1) is 0 Å². The van der Waals surface area contributed by atoms with E-state index in [-0.39, 0.29) is 5.91 Å². The maximum atomic E-state index is 11.8. The number of piperazine rings is 1. The highest BCUT2D eigenvalue weighted by Crippen LogP contribution is 2.18. The number of carbonyl (C=O) groups excluding carboxylic acids is 1. The number of hydrogen-bond donors (Lipinski definition) is 1. The molecule has 5 heteroatoms. The number of carbonyl (C=O) groups is 1. The Morgan fingerprint density at radius 1 is 1.05 bits per heavy atom. The van der Waals surface area contributed by atoms with Gasteiger partial charge in [0.25, 0.3) is 0 Å². The van der Waals surface area contributed by atoms with Gasteiger partial charge < -0.3 is 10.1 Å². The summed E-state index contributed by atoms with van der Waals surface area (Å²) in [5.41, 5.74) is 0. The summed E-state index contributed by atoms with van der Waals surface area (Å²) in [7, 11) is 0. The lowest BCUT2D eigenvalue weighted by atomic mass is 10.1. The molecule has 0 aromatic heterocycles. The Hall–Kier alpha value is -0.650. The van der Waals surface area contributed by atoms with Gasteiger partial charge in [0.05, 0.1) is 12.6 Å². The molecule has 2 heterocycles. The van der Waals surface area contributed by atoms with Crippen molar-refractivity contribution < 1.29 is 9.53 Å². The molecule has 3 fully saturated rings. The highest BCUT2D eigenvalue weighted by Gasteiger charge is 2.26. The molecule has 1 saturated carbocycles. The summed E-state index contributed by atoms with van der Waals surface area (Å²) < 4.78 is 5.80. The van der Waals surface area contributed by atoms with Crippen molar-refractivity contribution in [3.05, 3.63) is 0 Å². The minimum atomic E-state index is 0.205. The molecule has 2 aliphatic heterocycles. The number of amides is 1. The molecule has 5 nitrogen and oxygen atoms in total. The van der Waals surface area contributed by atoms with Crippen molar-refractivity contribution in [1.29, 1.82) is 0 Å². The Bertz CT molecular complexity index is 319. The monoisotopic (exact) mass is 281 g/mol. The summed E-state index contributed by atoms with van der Waals surface area (Å²) in [6.45, 7) is 6.72. The van der Waals surface area contributed by atoms with Crippen LogP contribution < -0.4 is 5.32 Å². The van der Waals surface area contributed by atoms with Gasteiger partial charge in [0.2, 0.25) is 5.91 Å². The quantitative estimate of drug-likeness (QED) is 0.795. The topological polar surface area (TPSA) is 44.8 Å². The minimum Gasteiger partial charge on any atom is -0.377 e. The van der Waals surface area contributed by atoms with Crippen molar-refractivity contribution in [1.82, 2.24) is 15.1 Å². The third kappa shape index (κ3) is 4.43. The Morgan fingerprint density at radius 2 is 1.80 bits per heavy atom. The smallest absolute Gasteiger partial charge is 0.234 e. The standard InChI is InChI=1S/C15H27N3O2/c19-15(16-13-4-5-13)12-18-8-6-17(7-9-18)11-14-3-1-2-10-20-14/h13-14H,1-12H2,(H,16,19). The van der Waals surface area contributed by atoms with Crippen LogP contribution in [0.5, 0.6) is 0 Å². The van der Waals surface area contributed by atoms with E-state index in [2.05, 4.69) is 15.1 Å². The lowest BCUT2D eigenvalue weighted by molar-refractivity contribution is -0.122. The predicted octanol–water partition coefficient (Wildman–Crippen LogP) is 0.452. The largest absolute Gasteiger partial charge is 0.377 e. The van der Waals surface area contributed by atoms with Gasteiger partial charge in [-0.3, -0.25) is 14.6 Å². The molecule has 114 valence electrons. The zero-order valence-electron chi connectivity index (χ0n) is 12.4. The maximum absolute atomic E-state index is 11.8. The predicted molar refractivity (Wildman–Crippen MR) is 77.6 cm³/mol. The van der Waals surface area contributed by atoms with Crippen molar-refractivity contribution >= 4 is 5.91 Å². The van der Waals surface area contributed by atoms with Crippen LogP contribution in [0.3, 0.4) is 0 Å². The first-order valence-corrected chi connectivity index (χ1v) is 8.15. The van der Waals surface area contributed by atoms with Gasteiger partial charge in [0, 0.05) is 45.4 Å². The maximum Gasteiger partial charge on any atom is 0.234 e. The third-order valence-corrected chi connectivity index (χ3v) is 4.51. The molecule has 1 atom stereocenters. The van der Waals surface area contributed by atoms with Crippen LogP contribution in [0.4, 0.5) is 0 Å². The minimum absolute atomic E-state index is 0.205. The summed E-state index contributed by atoms with van der Waals surface area (Å²) in [5.74, 6) is 0.205. The van der Waals surface area contributed by atoms with Gasteiger partial charge in [-0.2, -0.15) is 0 Å². The molecule has 20 heavy (non-hydrogen) atoms. The van der Waals surface area contributed by atoms with Crippen molar-refractivity contribution in [2.45, 2.75) is 44.2 Å². The summed E-state index contributed by atoms with van der Waals surface area (Å²) >= 11 is 0. The summed E-state index contributed by atoms with van der Waals surface area (Å²) in [5, 5.41) is 3.06. The molecule has 3 rings (SSSR count). The molecule has 1 amide bonds. The number of ether oxygens (including phenoxy) is 1. The van der Waals surface area contributed by atoms with E-state index in [0.717, 1.165) is 39.3 Å². The average Bonchev–Trinajstić information content (AvgIpc) is 3.26. The molecule has 0 aromatic rings. The third-order valence-electron chi connectivity index (χ3n) is 4.51. The SMILES string of the molecule is O=C(CN1CCN(CC2CCCCO2)CC1)NC1CC1. The van der Waals surface area contributed by atoms with Crippen LogP contribution in [0.1, 0.15) is 32.1 Å². The first-order chi connectivity index (χ1) is 9.79. The van der Waals surface area contributed by atoms with E-state index in [1.807, 2.05) is 0 Å². The van der Waals surface area contributed by atoms with Crippen LogP contribution in [-0.2, 0) is 9.53 Å². The van der Waals surface area contributed by atoms with Crippen LogP contribution in [0.15, 0.2) is 0 Å². The van der Waals surface area contributed by atoms with Crippen LogP contribution in [-0.4, -0.2) is 73.7 Å². The Labute approximate surface area is 121 Å². The van der Waals surface area contributed by atoms with Crippen LogP contribution in [0, 0.1) is 0 Å². The van der Waals surface area contributed by atoms with Gasteiger partial charge in [-0.1, -0.05) is 0 Å². The van der Waals surface area contributed by atoms with Gasteiger partial charge in [0.1, 0.15) is 0 Å². The lowest BCUT2D eigenvalue weighted by Gasteiger charge is -2.36. The zero-order chi connectivity index (χ0) is 13.8. The van der Waals surface area contributed by atoms with Crippen LogP contribution in [0.25, 0.3) is 0 Å². The summed E-state index contributed by atoms with van der Waals surface area (Å²) in [6.07, 6.45) is 6.52. The van der Waals surface area contributed by atoms with Crippen molar-refractivity contribution in [3.63, 3.8) is 0 Å². The lowest BCUT2D eigenvalue weighted by Crippen LogP contribution is -2.51. The molecular weight excluding hydrogens is 254 g/mol. The highest BCUT2D eigenvalue weighted by atomic mass is 16.5. The Kier molecular flexibility index (Phi) is 4.91. The van der Waals surface area contributed by atoms with E-state index in [1.165, 1.54) is 32.1 Å². The van der Waals surface area contributed by atoms with Gasteiger partial charge in [0.15, 0.2) is 0 Å². The second-order valence-corrected chi connectivity index (χ2v) is 6.41. The molecule has 0 spiro atoms. The first kappa shape index (κ1) is 14.3. The zero-order valence-corrected chi connectivity index (χ0v) is 12.4. The van der Waals surface area contributed by atoms with Gasteiger partial charge in [-0.05, 0) is 32.1 Å². The molecular formula is C15H27N3O2. The molecule has 0 radical (unpaired) electrons. The molecule has 2 saturated heterocycles. The van der Waals surface area contributed by atoms with E-state index in [1.54, 1.807) is 0 Å². The average molecular weight is 281 g/mol. The van der Waals surface area contributed by atoms with E-state index >= 15 is 0 Å². The molecule has 0 bridgehead atoms. The number of rotatable bonds is 5. The van der Waals surface area contributed by atoms with Crippen molar-refractivity contribution in [2.75, 3.05) is 45.9 Å². The van der Waals surface area contributed by atoms with Crippen molar-refractivity contribution in [3.8, 4) is 0 Å². The van der Waals surface area contributed by atoms with E-state index in [9.17, 15) is 4.79 Å². The Balaban J connectivity index is 1.32. The summed E-state index contributed by atoms with van der Waals surface area (Å²) in [4.78, 5) is 16.5. The fraction of sp³-hybridized carbons (Fsp3) is 0.933. The number of nitrogens with zero attached hydrogens (tertiary/aromatic N) is 2. The Morgan fingerprint density at radius 3 is 2.45 bits per heavy atom. The fourth-order valence-corrected chi connectivity index (χ4v) is 3.07. The van der Waals surface area contributed by atoms with Gasteiger partial charge >= 0.3 is 0 Å². The molecule has 1 unspecified atom stereocenters. The second-order valence-electron chi connectivity index (χ2n) is 6.41. The molecule has 1 N–H and O–H groups in total. The normalized spacial score (nSPS) is 29.3. The van der Waals surface area contributed by atoms with E-state index < -0.39 is 0 Å². The van der Waals surface area contributed by atoms with E-state index in [4.69, 9.17) is 4.74 Å². The molecule has 3 aliphatic rings. The van der Waals surface area contributed by atoms with Crippen molar-refractivity contribution in [2.24, 2.45) is 0 Å². The van der Waals surface area contributed by atoms with Crippen LogP contribution >= 0.6 is 0 Å². The van der Waals surface area contributed by atoms with Crippen LogP contribution in [0.2, 0.25) is 0 Å². The first-order valence-electron chi connectivity index (χ1n) is 8.15. The fourth-order valence-electron chi connectivity index (χ4n) is 3.07. The molecule has 0 aromatic carbocycles. The number of hydrogen-bond acceptors (Lipinski definition) is 4. The van der Waals surface area contributed by atoms with Gasteiger partial charge in [-0.25, -0.2) is 0 Å². The summed E-state index contributed by atoms with van der Waals surface area (Å²) in [6, 6.07) is 0.479. The second kappa shape index (κ2) is 6.87. The molecule has 1 aliphatic carbocycles. The van der Waals surface area contributed by atoms with E-state index in [0.29, 0.717) is 18.7 Å². The highest BCUT2D eigenvalue weighted by molar-refractivity contribution is 5.78.